The Balaban J connectivity index is 0.000000141. The molecule has 27 heteroatoms. The Morgan fingerprint density at radius 2 is 0.692 bits per heavy atom. The number of thiophene rings is 1. The fraction of sp³-hybridized carbons (Fsp3) is 0.0500. The molecule has 0 unspecified atom stereocenters. The van der Waals surface area contributed by atoms with Gasteiger partial charge >= 0.3 is 0 Å². The first kappa shape index (κ1) is 79.6. The molecule has 0 saturated carbocycles. The summed E-state index contributed by atoms with van der Waals surface area (Å²) < 4.78 is 0. The molecular formula is C80H61Ir5N21S-10. The number of benzene rings is 7. The average Bonchev–Trinajstić information content (AvgIpc) is 1.70. The molecule has 0 atom stereocenters. The quantitative estimate of drug-likeness (QED) is 0.118. The van der Waals surface area contributed by atoms with Crippen LogP contribution >= 0.6 is 11.3 Å². The molecule has 5 radical (unpaired) electrons. The van der Waals surface area contributed by atoms with Crippen LogP contribution in [0.5, 0.6) is 0 Å². The van der Waals surface area contributed by atoms with Gasteiger partial charge in [-0.15, -0.1) is 73.1 Å². The molecule has 0 fully saturated rings. The number of aryl methyl sites for hydroxylation is 1. The number of para-hydroxylation sites is 7. The fourth-order valence-corrected chi connectivity index (χ4v) is 12.3. The molecule has 19 rings (SSSR count). The Bertz CT molecular complexity index is 4770. The van der Waals surface area contributed by atoms with Gasteiger partial charge in [-0.25, -0.2) is 54.8 Å². The van der Waals surface area contributed by atoms with Crippen molar-refractivity contribution in [1.29, 1.82) is 0 Å². The molecule has 0 N–H and O–H groups in total. The molecule has 12 heterocycles. The molecule has 7 aromatic carbocycles. The smallest absolute Gasteiger partial charge is 0.130 e. The molecule has 0 amide bonds. The van der Waals surface area contributed by atoms with Gasteiger partial charge in [0.15, 0.2) is 0 Å². The Morgan fingerprint density at radius 1 is 0.318 bits per heavy atom. The first-order valence-corrected chi connectivity index (χ1v) is 33.3. The molecule has 547 valence electrons. The summed E-state index contributed by atoms with van der Waals surface area (Å²) in [5, 5.41) is 3.20. The Labute approximate surface area is 693 Å². The maximum Gasteiger partial charge on any atom is 0.130 e. The van der Waals surface area contributed by atoms with Gasteiger partial charge < -0.3 is 49.0 Å². The van der Waals surface area contributed by atoms with Crippen LogP contribution in [-0.4, -0.2) is 60.9 Å². The largest absolute Gasteiger partial charge is 0.491 e. The zero-order valence-corrected chi connectivity index (χ0v) is 69.8. The van der Waals surface area contributed by atoms with E-state index in [-0.39, 0.29) is 101 Å². The van der Waals surface area contributed by atoms with E-state index in [4.69, 9.17) is 0 Å². The Morgan fingerprint density at radius 3 is 1.13 bits per heavy atom. The molecular weight excluding hydrogens is 2250 g/mol. The number of hydrogen-bond acceptors (Lipinski definition) is 22. The maximum absolute atomic E-state index is 4.46. The van der Waals surface area contributed by atoms with Crippen molar-refractivity contribution in [3.8, 4) is 0 Å². The zero-order chi connectivity index (χ0) is 69.0. The number of fused-ring (bicyclic) bond motifs is 5. The third-order valence-electron chi connectivity index (χ3n) is 16.3. The summed E-state index contributed by atoms with van der Waals surface area (Å²) in [6.07, 6.45) is 18.7. The van der Waals surface area contributed by atoms with Gasteiger partial charge in [0.25, 0.3) is 0 Å². The SMILES string of the molecule is CC(C)N1[CH-]N(c2[c-]cccc2)c2cncnc21.Cc1ccccc1N1[CH-]N(c2[c-]cccc2)c2cncnc21.[Ir].[Ir].[Ir].[Ir].[Ir].[c-]1ccccc1N1[CH-]N(c2ccccc2)c2ncncc21.[c-]1ccccc1N1[CH-]N(c2ccccn2)c2ncncc21.[c-]1ccccc1N1[CH-]N(c2cccs2)c2cncnc21. The summed E-state index contributed by atoms with van der Waals surface area (Å²) in [6, 6.07) is 84.1. The number of aromatic nitrogens is 11. The number of rotatable bonds is 10. The fourth-order valence-electron chi connectivity index (χ4n) is 11.6. The van der Waals surface area contributed by atoms with Crippen LogP contribution in [0.15, 0.2) is 280 Å². The van der Waals surface area contributed by atoms with Crippen molar-refractivity contribution in [1.82, 2.24) is 54.8 Å². The second-order valence-electron chi connectivity index (χ2n) is 23.1. The zero-order valence-electron chi connectivity index (χ0n) is 57.0. The predicted octanol–water partition coefficient (Wildman–Crippen LogP) is 17.3. The Hall–Kier alpha value is -9.96. The van der Waals surface area contributed by atoms with Gasteiger partial charge in [0.05, 0.1) is 64.4 Å². The molecule has 0 bridgehead atoms. The van der Waals surface area contributed by atoms with Crippen molar-refractivity contribution >= 4 is 119 Å². The Kier molecular flexibility index (Phi) is 28.3. The van der Waals surface area contributed by atoms with Crippen molar-refractivity contribution in [2.24, 2.45) is 0 Å². The molecule has 0 spiro atoms. The summed E-state index contributed by atoms with van der Waals surface area (Å²) in [4.78, 5) is 67.6. The topological polar surface area (TPSA) is 174 Å². The van der Waals surface area contributed by atoms with Crippen LogP contribution in [-0.2, 0) is 101 Å². The molecule has 14 aromatic rings. The van der Waals surface area contributed by atoms with Crippen LogP contribution in [0.4, 0.5) is 108 Å². The van der Waals surface area contributed by atoms with Crippen LogP contribution in [0, 0.1) is 70.6 Å². The van der Waals surface area contributed by atoms with Gasteiger partial charge in [-0.2, -0.15) is 152 Å². The van der Waals surface area contributed by atoms with Crippen molar-refractivity contribution in [3.63, 3.8) is 0 Å². The number of hydrogen-bond donors (Lipinski definition) is 0. The van der Waals surface area contributed by atoms with Gasteiger partial charge in [-0.05, 0) is 80.2 Å². The van der Waals surface area contributed by atoms with Crippen molar-refractivity contribution in [2.75, 3.05) is 49.0 Å². The van der Waals surface area contributed by atoms with Crippen LogP contribution in [0.25, 0.3) is 0 Å². The molecule has 5 aliphatic heterocycles. The normalized spacial score (nSPS) is 12.9. The van der Waals surface area contributed by atoms with Gasteiger partial charge in [0.2, 0.25) is 0 Å². The van der Waals surface area contributed by atoms with E-state index in [1.54, 1.807) is 55.4 Å². The average molecular weight is 2310 g/mol. The van der Waals surface area contributed by atoms with Crippen LogP contribution < -0.4 is 49.0 Å². The van der Waals surface area contributed by atoms with Crippen LogP contribution in [0.3, 0.4) is 0 Å². The molecule has 21 nitrogen and oxygen atoms in total. The number of nitrogens with zero attached hydrogens (tertiary/aromatic N) is 21. The van der Waals surface area contributed by atoms with Gasteiger partial charge in [-0.3, -0.25) is 0 Å². The minimum atomic E-state index is 0. The first-order valence-electron chi connectivity index (χ1n) is 32.5. The van der Waals surface area contributed by atoms with E-state index >= 15 is 0 Å². The maximum atomic E-state index is 4.46. The van der Waals surface area contributed by atoms with E-state index in [9.17, 15) is 0 Å². The van der Waals surface area contributed by atoms with Crippen molar-refractivity contribution in [2.45, 2.75) is 26.8 Å². The van der Waals surface area contributed by atoms with Crippen LogP contribution in [0.1, 0.15) is 19.4 Å². The monoisotopic (exact) mass is 2310 g/mol. The van der Waals surface area contributed by atoms with E-state index in [0.717, 1.165) is 108 Å². The van der Waals surface area contributed by atoms with Gasteiger partial charge in [0, 0.05) is 118 Å². The summed E-state index contributed by atoms with van der Waals surface area (Å²) in [5.41, 5.74) is 13.0. The minimum absolute atomic E-state index is 0. The third kappa shape index (κ3) is 17.7. The van der Waals surface area contributed by atoms with E-state index in [1.807, 2.05) is 247 Å². The van der Waals surface area contributed by atoms with Crippen molar-refractivity contribution in [3.05, 3.63) is 350 Å². The number of anilines is 19. The first-order chi connectivity index (χ1) is 50.4. The molecule has 5 aliphatic rings. The second kappa shape index (κ2) is 38.0. The third-order valence-corrected chi connectivity index (χ3v) is 17.2. The summed E-state index contributed by atoms with van der Waals surface area (Å²) in [7, 11) is 0. The molecule has 0 aliphatic carbocycles. The predicted molar refractivity (Wildman–Crippen MR) is 401 cm³/mol. The van der Waals surface area contributed by atoms with Gasteiger partial charge in [-0.1, -0.05) is 42.5 Å². The van der Waals surface area contributed by atoms with E-state index < -0.39 is 0 Å². The van der Waals surface area contributed by atoms with Gasteiger partial charge in [0.1, 0.15) is 66.5 Å². The molecule has 0 saturated heterocycles. The second-order valence-corrected chi connectivity index (χ2v) is 24.0. The van der Waals surface area contributed by atoms with E-state index in [2.05, 4.69) is 178 Å². The minimum Gasteiger partial charge on any atom is -0.491 e. The number of pyridine rings is 1. The summed E-state index contributed by atoms with van der Waals surface area (Å²) in [5.74, 6) is 5.18. The van der Waals surface area contributed by atoms with Crippen molar-refractivity contribution < 1.29 is 101 Å². The van der Waals surface area contributed by atoms with Crippen LogP contribution in [0.2, 0.25) is 0 Å². The summed E-state index contributed by atoms with van der Waals surface area (Å²) in [6.45, 7) is 16.5. The molecule has 7 aromatic heterocycles. The van der Waals surface area contributed by atoms with E-state index in [1.165, 1.54) is 5.56 Å². The van der Waals surface area contributed by atoms with E-state index in [0.29, 0.717) is 6.04 Å². The summed E-state index contributed by atoms with van der Waals surface area (Å²) >= 11 is 1.68. The standard InChI is InChI=1S/C18H14N4.C17H12N4.C16H11N5.C15H10N4S.C14H14N4.5Ir/c1-14-7-5-6-10-16(14)22-13-21(15-8-3-2-4-9-15)17-11-19-12-20-18(17)22;1-3-7-14(8-4-1)20-13-21(15-9-5-2-6-10-15)17-16(20)11-18-12-19-17;1-2-6-13(7-3-1)20-12-21(15-8-4-5-9-18-15)16-14(20)10-17-11-19-16;1-2-5-12(6-3-1)18-11-19(14-7-4-8-20-14)13-9-16-10-17-15(13)18;1-11(2)17-10-18(12-6-4-3-5-7-12)13-8-15-9-16-14(13)17;;;;;/h2-8,10-13H,1H3;1-7,9-13H;1-6,8-12H;1-5,7-11H;3-6,8-11H,1-2H3;;;;;/q5*-2;;;;;. The molecule has 107 heavy (non-hydrogen) atoms.